The molecule has 1 aliphatic rings. The summed E-state index contributed by atoms with van der Waals surface area (Å²) >= 11 is 13.3. The van der Waals surface area contributed by atoms with Crippen LogP contribution in [0.25, 0.3) is 10.2 Å². The smallest absolute Gasteiger partial charge is 0.313 e. The Morgan fingerprint density at radius 2 is 2.04 bits per heavy atom. The monoisotopic (exact) mass is 394 g/mol. The summed E-state index contributed by atoms with van der Waals surface area (Å²) in [4.78, 5) is 27.2. The maximum absolute atomic E-state index is 12.6. The van der Waals surface area contributed by atoms with Gasteiger partial charge < -0.3 is 15.4 Å². The molecule has 0 unspecified atom stereocenters. The third-order valence-corrected chi connectivity index (χ3v) is 6.37. The van der Waals surface area contributed by atoms with E-state index in [2.05, 4.69) is 10.3 Å². The Hall–Kier alpha value is -2.02. The van der Waals surface area contributed by atoms with Gasteiger partial charge in [-0.1, -0.05) is 47.5 Å². The van der Waals surface area contributed by atoms with Gasteiger partial charge in [0.1, 0.15) is 15.9 Å². The molecule has 1 amide bonds. The summed E-state index contributed by atoms with van der Waals surface area (Å²) in [5.41, 5.74) is 2.65. The van der Waals surface area contributed by atoms with Crippen LogP contribution in [0.2, 0.25) is 9.36 Å². The molecule has 128 valence electrons. The second-order valence-corrected chi connectivity index (χ2v) is 7.94. The van der Waals surface area contributed by atoms with Crippen LogP contribution < -0.4 is 5.32 Å². The number of rotatable bonds is 3. The average Bonchev–Trinajstić information content (AvgIpc) is 3.21. The Labute approximate surface area is 156 Å². The summed E-state index contributed by atoms with van der Waals surface area (Å²) < 4.78 is 1.25. The van der Waals surface area contributed by atoms with Gasteiger partial charge in [0.15, 0.2) is 0 Å². The Morgan fingerprint density at radius 3 is 2.76 bits per heavy atom. The van der Waals surface area contributed by atoms with Crippen LogP contribution in [0.1, 0.15) is 27.5 Å². The number of nitrogens with one attached hydrogen (secondary N) is 2. The number of carboxylic acid groups (broad SMARTS) is 1. The molecule has 0 aliphatic heterocycles. The molecule has 3 N–H and O–H groups in total. The lowest BCUT2D eigenvalue weighted by atomic mass is 9.98. The quantitative estimate of drug-likeness (QED) is 0.626. The van der Waals surface area contributed by atoms with Crippen molar-refractivity contribution in [3.63, 3.8) is 0 Å². The predicted octanol–water partition coefficient (Wildman–Crippen LogP) is 4.06. The molecule has 0 bridgehead atoms. The fourth-order valence-corrected chi connectivity index (χ4v) is 4.80. The number of thiophene rings is 1. The summed E-state index contributed by atoms with van der Waals surface area (Å²) in [6.07, 6.45) is 0.487. The van der Waals surface area contributed by atoms with Crippen LogP contribution in [0, 0.1) is 0 Å². The van der Waals surface area contributed by atoms with Crippen LogP contribution >= 0.6 is 34.5 Å². The van der Waals surface area contributed by atoms with Crippen molar-refractivity contribution in [2.45, 2.75) is 18.4 Å². The van der Waals surface area contributed by atoms with Gasteiger partial charge in [-0.3, -0.25) is 9.59 Å². The van der Waals surface area contributed by atoms with Crippen LogP contribution in [0.5, 0.6) is 0 Å². The van der Waals surface area contributed by atoms with Crippen molar-refractivity contribution >= 4 is 56.6 Å². The zero-order chi connectivity index (χ0) is 17.7. The molecular formula is C17H12Cl2N2O3S. The zero-order valence-electron chi connectivity index (χ0n) is 12.7. The fourth-order valence-electron chi connectivity index (χ4n) is 3.32. The highest BCUT2D eigenvalue weighted by Gasteiger charge is 2.38. The summed E-state index contributed by atoms with van der Waals surface area (Å²) in [6, 6.07) is 8.54. The van der Waals surface area contributed by atoms with Crippen molar-refractivity contribution in [3.8, 4) is 0 Å². The maximum Gasteiger partial charge on any atom is 0.313 e. The second kappa shape index (κ2) is 6.05. The van der Waals surface area contributed by atoms with E-state index >= 15 is 0 Å². The number of benzene rings is 1. The van der Waals surface area contributed by atoms with Gasteiger partial charge in [0.05, 0.1) is 21.3 Å². The van der Waals surface area contributed by atoms with Gasteiger partial charge in [0.2, 0.25) is 0 Å². The minimum atomic E-state index is -0.947. The van der Waals surface area contributed by atoms with E-state index < -0.39 is 17.9 Å². The number of hydrogen-bond donors (Lipinski definition) is 3. The number of aromatic amines is 1. The number of carboxylic acids is 1. The molecule has 2 heterocycles. The minimum absolute atomic E-state index is 0.333. The van der Waals surface area contributed by atoms with E-state index in [-0.39, 0.29) is 5.91 Å². The lowest BCUT2D eigenvalue weighted by Crippen LogP contribution is -2.40. The van der Waals surface area contributed by atoms with Gasteiger partial charge in [0.25, 0.3) is 5.91 Å². The molecule has 1 aromatic carbocycles. The van der Waals surface area contributed by atoms with Gasteiger partial charge in [-0.2, -0.15) is 0 Å². The van der Waals surface area contributed by atoms with E-state index in [1.807, 2.05) is 18.2 Å². The Balaban J connectivity index is 1.60. The molecule has 25 heavy (non-hydrogen) atoms. The molecule has 3 aromatic rings. The van der Waals surface area contributed by atoms with Gasteiger partial charge in [-0.05, 0) is 23.6 Å². The number of fused-ring (bicyclic) bond motifs is 2. The van der Waals surface area contributed by atoms with Gasteiger partial charge in [0, 0.05) is 0 Å². The number of hydrogen-bond acceptors (Lipinski definition) is 3. The standard InChI is InChI=1S/C17H12Cl2N2O3S/c18-13-14-11(25-15(13)19)6-10(20-14)16(22)21-9-5-7-3-1-2-4-8(7)12(9)17(23)24/h1-4,6,9,12,20H,5H2,(H,21,22)(H,23,24)/t9-,12-/m1/s1. The van der Waals surface area contributed by atoms with Crippen LogP contribution in [-0.2, 0) is 11.2 Å². The number of carbonyl (C=O) groups excluding carboxylic acids is 1. The molecule has 0 radical (unpaired) electrons. The van der Waals surface area contributed by atoms with Crippen molar-refractivity contribution in [2.75, 3.05) is 0 Å². The Morgan fingerprint density at radius 1 is 1.28 bits per heavy atom. The first kappa shape index (κ1) is 16.4. The topological polar surface area (TPSA) is 82.2 Å². The van der Waals surface area contributed by atoms with E-state index in [4.69, 9.17) is 23.2 Å². The molecule has 0 saturated heterocycles. The highest BCUT2D eigenvalue weighted by Crippen LogP contribution is 2.39. The minimum Gasteiger partial charge on any atom is -0.481 e. The lowest BCUT2D eigenvalue weighted by molar-refractivity contribution is -0.139. The van der Waals surface area contributed by atoms with Crippen molar-refractivity contribution < 1.29 is 14.7 Å². The van der Waals surface area contributed by atoms with Crippen molar-refractivity contribution in [1.29, 1.82) is 0 Å². The number of halogens is 2. The van der Waals surface area contributed by atoms with Crippen molar-refractivity contribution in [1.82, 2.24) is 10.3 Å². The normalized spacial score (nSPS) is 19.1. The van der Waals surface area contributed by atoms with Gasteiger partial charge in [-0.15, -0.1) is 11.3 Å². The second-order valence-electron chi connectivity index (χ2n) is 5.91. The zero-order valence-corrected chi connectivity index (χ0v) is 15.0. The first-order chi connectivity index (χ1) is 12.0. The molecule has 2 atom stereocenters. The first-order valence-corrected chi connectivity index (χ1v) is 9.11. The fraction of sp³-hybridized carbons (Fsp3) is 0.176. The van der Waals surface area contributed by atoms with E-state index in [0.717, 1.165) is 15.8 Å². The van der Waals surface area contributed by atoms with Crippen LogP contribution in [0.15, 0.2) is 30.3 Å². The highest BCUT2D eigenvalue weighted by atomic mass is 35.5. The summed E-state index contributed by atoms with van der Waals surface area (Å²) in [6.45, 7) is 0. The highest BCUT2D eigenvalue weighted by molar-refractivity contribution is 7.23. The number of H-pyrrole nitrogens is 1. The summed E-state index contributed by atoms with van der Waals surface area (Å²) in [5, 5.41) is 12.8. The SMILES string of the molecule is O=C(N[C@@H]1Cc2ccccc2[C@H]1C(=O)O)c1cc2sc(Cl)c(Cl)c2[nH]1. The first-order valence-electron chi connectivity index (χ1n) is 7.53. The molecular weight excluding hydrogens is 383 g/mol. The molecule has 5 nitrogen and oxygen atoms in total. The van der Waals surface area contributed by atoms with E-state index in [1.165, 1.54) is 11.3 Å². The largest absolute Gasteiger partial charge is 0.481 e. The van der Waals surface area contributed by atoms with Crippen molar-refractivity contribution in [3.05, 3.63) is 56.5 Å². The third-order valence-electron chi connectivity index (χ3n) is 4.43. The third kappa shape index (κ3) is 2.70. The molecule has 0 fully saturated rings. The average molecular weight is 395 g/mol. The van der Waals surface area contributed by atoms with E-state index in [1.54, 1.807) is 12.1 Å². The summed E-state index contributed by atoms with van der Waals surface area (Å²) in [7, 11) is 0. The van der Waals surface area contributed by atoms with Gasteiger partial charge in [-0.25, -0.2) is 0 Å². The summed E-state index contributed by atoms with van der Waals surface area (Å²) in [5.74, 6) is -2.06. The number of aromatic nitrogens is 1. The maximum atomic E-state index is 12.6. The molecule has 1 aliphatic carbocycles. The van der Waals surface area contributed by atoms with Crippen molar-refractivity contribution in [2.24, 2.45) is 0 Å². The van der Waals surface area contributed by atoms with E-state index in [0.29, 0.717) is 27.0 Å². The predicted molar refractivity (Wildman–Crippen MR) is 98.0 cm³/mol. The van der Waals surface area contributed by atoms with Crippen LogP contribution in [0.3, 0.4) is 0 Å². The van der Waals surface area contributed by atoms with Crippen LogP contribution in [-0.4, -0.2) is 28.0 Å². The Kier molecular flexibility index (Phi) is 3.98. The molecule has 4 rings (SSSR count). The van der Waals surface area contributed by atoms with Crippen LogP contribution in [0.4, 0.5) is 0 Å². The molecule has 0 saturated carbocycles. The molecule has 8 heteroatoms. The van der Waals surface area contributed by atoms with Gasteiger partial charge >= 0.3 is 5.97 Å². The van der Waals surface area contributed by atoms with E-state index in [9.17, 15) is 14.7 Å². The molecule has 0 spiro atoms. The number of carbonyl (C=O) groups is 2. The number of aliphatic carboxylic acids is 1. The number of amides is 1. The Bertz CT molecular complexity index is 1010. The lowest BCUT2D eigenvalue weighted by Gasteiger charge is -2.17. The molecule has 2 aromatic heterocycles.